The van der Waals surface area contributed by atoms with Gasteiger partial charge in [-0.25, -0.2) is 4.39 Å². The normalized spacial score (nSPS) is 10.2. The van der Waals surface area contributed by atoms with Crippen LogP contribution in [-0.2, 0) is 0 Å². The molecule has 0 bridgehead atoms. The first-order valence-corrected chi connectivity index (χ1v) is 5.71. The van der Waals surface area contributed by atoms with Crippen LogP contribution in [0.5, 0.6) is 0 Å². The summed E-state index contributed by atoms with van der Waals surface area (Å²) in [5, 5.41) is 0. The second kappa shape index (κ2) is 4.66. The zero-order valence-electron chi connectivity index (χ0n) is 8.82. The Bertz CT molecular complexity index is 419. The van der Waals surface area contributed by atoms with Gasteiger partial charge in [0.15, 0.2) is 0 Å². The van der Waals surface area contributed by atoms with Gasteiger partial charge < -0.3 is 4.90 Å². The first-order valence-electron chi connectivity index (χ1n) is 4.92. The molecule has 0 heterocycles. The van der Waals surface area contributed by atoms with E-state index in [0.717, 1.165) is 15.8 Å². The van der Waals surface area contributed by atoms with Crippen LogP contribution >= 0.6 is 15.9 Å². The predicted molar refractivity (Wildman–Crippen MR) is 68.6 cm³/mol. The molecule has 0 aromatic heterocycles. The third-order valence-electron chi connectivity index (χ3n) is 2.43. The quantitative estimate of drug-likeness (QED) is 0.790. The molecule has 2 rings (SSSR count). The van der Waals surface area contributed by atoms with E-state index < -0.39 is 0 Å². The summed E-state index contributed by atoms with van der Waals surface area (Å²) in [6.45, 7) is 0. The van der Waals surface area contributed by atoms with Gasteiger partial charge in [0.2, 0.25) is 0 Å². The van der Waals surface area contributed by atoms with E-state index in [4.69, 9.17) is 0 Å². The summed E-state index contributed by atoms with van der Waals surface area (Å²) in [7, 11) is 1.95. The van der Waals surface area contributed by atoms with Crippen LogP contribution in [0, 0.1) is 5.82 Å². The van der Waals surface area contributed by atoms with Crippen molar-refractivity contribution in [3.8, 4) is 0 Å². The SMILES string of the molecule is CN(c1ccc(F)cc1)c1ccc(Br)cc1. The Labute approximate surface area is 103 Å². The number of hydrogen-bond acceptors (Lipinski definition) is 1. The van der Waals surface area contributed by atoms with Crippen molar-refractivity contribution in [3.05, 3.63) is 58.8 Å². The fraction of sp³-hybridized carbons (Fsp3) is 0.0769. The maximum absolute atomic E-state index is 12.8. The van der Waals surface area contributed by atoms with E-state index in [2.05, 4.69) is 15.9 Å². The first kappa shape index (κ1) is 11.1. The van der Waals surface area contributed by atoms with Crippen molar-refractivity contribution in [2.24, 2.45) is 0 Å². The lowest BCUT2D eigenvalue weighted by Crippen LogP contribution is -2.08. The van der Waals surface area contributed by atoms with Gasteiger partial charge in [0.1, 0.15) is 5.82 Å². The van der Waals surface area contributed by atoms with Gasteiger partial charge in [-0.15, -0.1) is 0 Å². The Morgan fingerprint density at radius 3 is 1.81 bits per heavy atom. The molecule has 82 valence electrons. The molecular weight excluding hydrogens is 269 g/mol. The summed E-state index contributed by atoms with van der Waals surface area (Å²) in [6.07, 6.45) is 0. The summed E-state index contributed by atoms with van der Waals surface area (Å²) in [5.41, 5.74) is 2.03. The molecule has 0 amide bonds. The van der Waals surface area contributed by atoms with E-state index in [-0.39, 0.29) is 5.82 Å². The minimum Gasteiger partial charge on any atom is -0.345 e. The molecular formula is C13H11BrFN. The summed E-state index contributed by atoms with van der Waals surface area (Å²) < 4.78 is 13.8. The molecule has 2 aromatic rings. The van der Waals surface area contributed by atoms with Crippen molar-refractivity contribution < 1.29 is 4.39 Å². The topological polar surface area (TPSA) is 3.24 Å². The lowest BCUT2D eigenvalue weighted by molar-refractivity contribution is 0.628. The average Bonchev–Trinajstić information content (AvgIpc) is 2.30. The van der Waals surface area contributed by atoms with E-state index in [1.54, 1.807) is 12.1 Å². The molecule has 0 aliphatic heterocycles. The fourth-order valence-corrected chi connectivity index (χ4v) is 1.74. The fourth-order valence-electron chi connectivity index (χ4n) is 1.48. The maximum atomic E-state index is 12.8. The van der Waals surface area contributed by atoms with Gasteiger partial charge in [-0.1, -0.05) is 15.9 Å². The van der Waals surface area contributed by atoms with Gasteiger partial charge in [-0.2, -0.15) is 0 Å². The lowest BCUT2D eigenvalue weighted by atomic mass is 10.2. The third kappa shape index (κ3) is 2.42. The van der Waals surface area contributed by atoms with Crippen LogP contribution in [0.25, 0.3) is 0 Å². The Morgan fingerprint density at radius 2 is 1.31 bits per heavy atom. The highest BCUT2D eigenvalue weighted by molar-refractivity contribution is 9.10. The van der Waals surface area contributed by atoms with Gasteiger partial charge in [0.05, 0.1) is 0 Å². The van der Waals surface area contributed by atoms with Gasteiger partial charge in [-0.05, 0) is 48.5 Å². The minimum absolute atomic E-state index is 0.215. The lowest BCUT2D eigenvalue weighted by Gasteiger charge is -2.19. The monoisotopic (exact) mass is 279 g/mol. The van der Waals surface area contributed by atoms with Crippen LogP contribution in [0.1, 0.15) is 0 Å². The van der Waals surface area contributed by atoms with Crippen LogP contribution < -0.4 is 4.90 Å². The molecule has 1 nitrogen and oxygen atoms in total. The molecule has 16 heavy (non-hydrogen) atoms. The van der Waals surface area contributed by atoms with Crippen LogP contribution in [0.3, 0.4) is 0 Å². The largest absolute Gasteiger partial charge is 0.345 e. The van der Waals surface area contributed by atoms with Gasteiger partial charge in [0, 0.05) is 22.9 Å². The van der Waals surface area contributed by atoms with Crippen molar-refractivity contribution in [1.29, 1.82) is 0 Å². The van der Waals surface area contributed by atoms with E-state index in [1.807, 2.05) is 36.2 Å². The summed E-state index contributed by atoms with van der Waals surface area (Å²) in [6, 6.07) is 14.4. The average molecular weight is 280 g/mol. The third-order valence-corrected chi connectivity index (χ3v) is 2.96. The molecule has 0 N–H and O–H groups in total. The molecule has 0 saturated heterocycles. The number of anilines is 2. The van der Waals surface area contributed by atoms with Crippen molar-refractivity contribution in [2.75, 3.05) is 11.9 Å². The molecule has 0 unspecified atom stereocenters. The molecule has 0 radical (unpaired) electrons. The Morgan fingerprint density at radius 1 is 0.875 bits per heavy atom. The Balaban J connectivity index is 2.28. The summed E-state index contributed by atoms with van der Waals surface area (Å²) in [5.74, 6) is -0.215. The highest BCUT2D eigenvalue weighted by Gasteiger charge is 2.03. The van der Waals surface area contributed by atoms with Crippen molar-refractivity contribution in [2.45, 2.75) is 0 Å². The van der Waals surface area contributed by atoms with Gasteiger partial charge in [0.25, 0.3) is 0 Å². The second-order valence-corrected chi connectivity index (χ2v) is 4.43. The zero-order valence-corrected chi connectivity index (χ0v) is 10.4. The Kier molecular flexibility index (Phi) is 3.25. The molecule has 0 aliphatic rings. The van der Waals surface area contributed by atoms with E-state index in [1.165, 1.54) is 12.1 Å². The summed E-state index contributed by atoms with van der Waals surface area (Å²) in [4.78, 5) is 2.01. The summed E-state index contributed by atoms with van der Waals surface area (Å²) >= 11 is 3.39. The van der Waals surface area contributed by atoms with Gasteiger partial charge in [-0.3, -0.25) is 0 Å². The second-order valence-electron chi connectivity index (χ2n) is 3.51. The number of rotatable bonds is 2. The van der Waals surface area contributed by atoms with Crippen LogP contribution in [0.4, 0.5) is 15.8 Å². The standard InChI is InChI=1S/C13H11BrFN/c1-16(12-6-2-10(14)3-7-12)13-8-4-11(15)5-9-13/h2-9H,1H3. The first-order chi connectivity index (χ1) is 7.66. The number of hydrogen-bond donors (Lipinski definition) is 0. The molecule has 0 saturated carbocycles. The number of nitrogens with zero attached hydrogens (tertiary/aromatic N) is 1. The van der Waals surface area contributed by atoms with Crippen molar-refractivity contribution >= 4 is 27.3 Å². The molecule has 2 aromatic carbocycles. The van der Waals surface area contributed by atoms with Crippen molar-refractivity contribution in [1.82, 2.24) is 0 Å². The van der Waals surface area contributed by atoms with E-state index >= 15 is 0 Å². The van der Waals surface area contributed by atoms with E-state index in [0.29, 0.717) is 0 Å². The van der Waals surface area contributed by atoms with Crippen LogP contribution in [0.2, 0.25) is 0 Å². The highest BCUT2D eigenvalue weighted by atomic mass is 79.9. The molecule has 0 fully saturated rings. The molecule has 3 heteroatoms. The smallest absolute Gasteiger partial charge is 0.123 e. The molecule has 0 atom stereocenters. The molecule has 0 spiro atoms. The van der Waals surface area contributed by atoms with E-state index in [9.17, 15) is 4.39 Å². The number of halogens is 2. The Hall–Kier alpha value is -1.35. The minimum atomic E-state index is -0.215. The van der Waals surface area contributed by atoms with Gasteiger partial charge >= 0.3 is 0 Å². The number of benzene rings is 2. The van der Waals surface area contributed by atoms with Crippen LogP contribution in [-0.4, -0.2) is 7.05 Å². The predicted octanol–water partition coefficient (Wildman–Crippen LogP) is 4.36. The van der Waals surface area contributed by atoms with Crippen LogP contribution in [0.15, 0.2) is 53.0 Å². The highest BCUT2D eigenvalue weighted by Crippen LogP contribution is 2.24. The zero-order chi connectivity index (χ0) is 11.5. The molecule has 0 aliphatic carbocycles. The van der Waals surface area contributed by atoms with Crippen molar-refractivity contribution in [3.63, 3.8) is 0 Å². The maximum Gasteiger partial charge on any atom is 0.123 e.